The number of furan rings is 1. The van der Waals surface area contributed by atoms with Gasteiger partial charge in [0.2, 0.25) is 5.91 Å². The van der Waals surface area contributed by atoms with Gasteiger partial charge in [-0.2, -0.15) is 0 Å². The highest BCUT2D eigenvalue weighted by Crippen LogP contribution is 2.11. The summed E-state index contributed by atoms with van der Waals surface area (Å²) in [7, 11) is 0. The first-order valence-electron chi connectivity index (χ1n) is 10.3. The molecule has 1 N–H and O–H groups in total. The Morgan fingerprint density at radius 3 is 2.50 bits per heavy atom. The van der Waals surface area contributed by atoms with E-state index in [-0.39, 0.29) is 37.8 Å². The summed E-state index contributed by atoms with van der Waals surface area (Å²) in [5, 5.41) is 3.16. The summed E-state index contributed by atoms with van der Waals surface area (Å²) in [6, 6.07) is 16.3. The fourth-order valence-electron chi connectivity index (χ4n) is 3.58. The standard InChI is InChI=1S/C24H22FN3O4/c25-18-11-9-17(10-12-18)16-28-21-7-2-1-6-20(21)23(30)27(24(28)31)13-3-8-22(29)26-15-19-5-4-14-32-19/h1-2,4-7,9-12,14H,3,8,13,15-16H2,(H,26,29). The van der Waals surface area contributed by atoms with E-state index in [1.165, 1.54) is 23.0 Å². The SMILES string of the molecule is O=C(CCCn1c(=O)c2ccccc2n(Cc2ccc(F)cc2)c1=O)NCc1ccco1. The number of para-hydroxylation sites is 1. The molecule has 32 heavy (non-hydrogen) atoms. The molecule has 1 amide bonds. The number of amides is 1. The van der Waals surface area contributed by atoms with Crippen LogP contribution in [0.25, 0.3) is 10.9 Å². The molecule has 0 aliphatic heterocycles. The minimum atomic E-state index is -0.464. The Balaban J connectivity index is 1.54. The fraction of sp³-hybridized carbons (Fsp3) is 0.208. The number of hydrogen-bond donors (Lipinski definition) is 1. The van der Waals surface area contributed by atoms with Crippen molar-refractivity contribution in [2.24, 2.45) is 0 Å². The quantitative estimate of drug-likeness (QED) is 0.461. The molecule has 0 aliphatic carbocycles. The van der Waals surface area contributed by atoms with E-state index in [0.29, 0.717) is 23.1 Å². The second-order valence-corrected chi connectivity index (χ2v) is 7.43. The first kappa shape index (κ1) is 21.3. The van der Waals surface area contributed by atoms with E-state index in [0.717, 1.165) is 10.1 Å². The Bertz CT molecular complexity index is 1340. The van der Waals surface area contributed by atoms with Crippen LogP contribution in [0.15, 0.2) is 80.9 Å². The van der Waals surface area contributed by atoms with Crippen LogP contribution in [0.5, 0.6) is 0 Å². The smallest absolute Gasteiger partial charge is 0.331 e. The second kappa shape index (κ2) is 9.47. The molecule has 0 bridgehead atoms. The van der Waals surface area contributed by atoms with E-state index in [1.807, 2.05) is 0 Å². The first-order valence-corrected chi connectivity index (χ1v) is 10.3. The van der Waals surface area contributed by atoms with Gasteiger partial charge in [0.05, 0.1) is 30.3 Å². The van der Waals surface area contributed by atoms with E-state index in [2.05, 4.69) is 5.32 Å². The van der Waals surface area contributed by atoms with E-state index in [1.54, 1.807) is 48.5 Å². The van der Waals surface area contributed by atoms with Gasteiger partial charge in [-0.25, -0.2) is 9.18 Å². The van der Waals surface area contributed by atoms with Gasteiger partial charge in [0.15, 0.2) is 0 Å². The number of carbonyl (C=O) groups is 1. The van der Waals surface area contributed by atoms with E-state index in [4.69, 9.17) is 4.42 Å². The minimum absolute atomic E-state index is 0.111. The Labute approximate surface area is 182 Å². The molecule has 2 aromatic carbocycles. The molecule has 8 heteroatoms. The molecule has 4 aromatic rings. The van der Waals surface area contributed by atoms with Crippen molar-refractivity contribution in [1.29, 1.82) is 0 Å². The van der Waals surface area contributed by atoms with Crippen LogP contribution < -0.4 is 16.6 Å². The lowest BCUT2D eigenvalue weighted by Crippen LogP contribution is -2.40. The normalized spacial score (nSPS) is 11.0. The number of nitrogens with zero attached hydrogens (tertiary/aromatic N) is 2. The van der Waals surface area contributed by atoms with Gasteiger partial charge in [0, 0.05) is 13.0 Å². The third-order valence-corrected chi connectivity index (χ3v) is 5.21. The summed E-state index contributed by atoms with van der Waals surface area (Å²) in [4.78, 5) is 38.2. The van der Waals surface area contributed by atoms with Gasteiger partial charge in [-0.15, -0.1) is 0 Å². The number of fused-ring (bicyclic) bond motifs is 1. The molecule has 0 spiro atoms. The Kier molecular flexibility index (Phi) is 6.30. The van der Waals surface area contributed by atoms with Gasteiger partial charge >= 0.3 is 5.69 Å². The van der Waals surface area contributed by atoms with Crippen LogP contribution in [0.2, 0.25) is 0 Å². The van der Waals surface area contributed by atoms with Gasteiger partial charge in [-0.1, -0.05) is 24.3 Å². The van der Waals surface area contributed by atoms with Crippen molar-refractivity contribution in [3.05, 3.63) is 105 Å². The molecule has 7 nitrogen and oxygen atoms in total. The number of nitrogens with one attached hydrogen (secondary N) is 1. The average molecular weight is 435 g/mol. The topological polar surface area (TPSA) is 86.2 Å². The van der Waals surface area contributed by atoms with E-state index < -0.39 is 11.2 Å². The maximum Gasteiger partial charge on any atom is 0.331 e. The van der Waals surface area contributed by atoms with Crippen LogP contribution in [-0.2, 0) is 24.4 Å². The van der Waals surface area contributed by atoms with E-state index in [9.17, 15) is 18.8 Å². The number of benzene rings is 2. The molecule has 0 saturated heterocycles. The zero-order valence-corrected chi connectivity index (χ0v) is 17.3. The predicted molar refractivity (Wildman–Crippen MR) is 118 cm³/mol. The molecule has 4 rings (SSSR count). The maximum atomic E-state index is 13.3. The van der Waals surface area contributed by atoms with Gasteiger partial charge < -0.3 is 9.73 Å². The van der Waals surface area contributed by atoms with Crippen molar-refractivity contribution in [1.82, 2.24) is 14.5 Å². The Hall–Kier alpha value is -3.94. The summed E-state index contributed by atoms with van der Waals surface area (Å²) in [5.41, 5.74) is 0.395. The molecule has 0 fully saturated rings. The molecule has 0 atom stereocenters. The van der Waals surface area contributed by atoms with Crippen LogP contribution in [-0.4, -0.2) is 15.0 Å². The second-order valence-electron chi connectivity index (χ2n) is 7.43. The number of rotatable bonds is 8. The van der Waals surface area contributed by atoms with Crippen molar-refractivity contribution >= 4 is 16.8 Å². The average Bonchev–Trinajstić information content (AvgIpc) is 3.32. The van der Waals surface area contributed by atoms with Crippen LogP contribution in [0.4, 0.5) is 4.39 Å². The van der Waals surface area contributed by atoms with Gasteiger partial charge in [0.1, 0.15) is 11.6 Å². The van der Waals surface area contributed by atoms with E-state index >= 15 is 0 Å². The first-order chi connectivity index (χ1) is 15.5. The molecule has 2 heterocycles. The summed E-state index contributed by atoms with van der Waals surface area (Å²) >= 11 is 0. The van der Waals surface area contributed by atoms with Crippen LogP contribution >= 0.6 is 0 Å². The lowest BCUT2D eigenvalue weighted by Gasteiger charge is -2.14. The molecular weight excluding hydrogens is 413 g/mol. The highest BCUT2D eigenvalue weighted by Gasteiger charge is 2.14. The fourth-order valence-corrected chi connectivity index (χ4v) is 3.58. The summed E-state index contributed by atoms with van der Waals surface area (Å²) in [6.45, 7) is 0.593. The highest BCUT2D eigenvalue weighted by atomic mass is 19.1. The zero-order chi connectivity index (χ0) is 22.5. The van der Waals surface area contributed by atoms with Crippen molar-refractivity contribution in [2.75, 3.05) is 0 Å². The summed E-state index contributed by atoms with van der Waals surface area (Å²) in [5.74, 6) is 0.0934. The largest absolute Gasteiger partial charge is 0.467 e. The summed E-state index contributed by atoms with van der Waals surface area (Å²) in [6.07, 6.45) is 2.02. The Morgan fingerprint density at radius 1 is 0.969 bits per heavy atom. The number of carbonyl (C=O) groups excluding carboxylic acids is 1. The molecule has 0 radical (unpaired) electrons. The predicted octanol–water partition coefficient (Wildman–Crippen LogP) is 3.04. The summed E-state index contributed by atoms with van der Waals surface area (Å²) < 4.78 is 21.1. The van der Waals surface area contributed by atoms with Crippen molar-refractivity contribution < 1.29 is 13.6 Å². The van der Waals surface area contributed by atoms with Gasteiger partial charge in [0.25, 0.3) is 5.56 Å². The van der Waals surface area contributed by atoms with Crippen molar-refractivity contribution in [2.45, 2.75) is 32.5 Å². The zero-order valence-electron chi connectivity index (χ0n) is 17.3. The van der Waals surface area contributed by atoms with Crippen molar-refractivity contribution in [3.63, 3.8) is 0 Å². The molecule has 2 aromatic heterocycles. The minimum Gasteiger partial charge on any atom is -0.467 e. The lowest BCUT2D eigenvalue weighted by atomic mass is 10.2. The van der Waals surface area contributed by atoms with Crippen LogP contribution in [0, 0.1) is 5.82 Å². The molecule has 0 aliphatic rings. The third-order valence-electron chi connectivity index (χ3n) is 5.21. The molecular formula is C24H22FN3O4. The molecule has 0 unspecified atom stereocenters. The van der Waals surface area contributed by atoms with Gasteiger partial charge in [-0.05, 0) is 48.4 Å². The number of halogens is 1. The van der Waals surface area contributed by atoms with Crippen LogP contribution in [0.1, 0.15) is 24.2 Å². The molecule has 0 saturated carbocycles. The lowest BCUT2D eigenvalue weighted by molar-refractivity contribution is -0.121. The van der Waals surface area contributed by atoms with Crippen LogP contribution in [0.3, 0.4) is 0 Å². The Morgan fingerprint density at radius 2 is 1.75 bits per heavy atom. The monoisotopic (exact) mass is 435 g/mol. The highest BCUT2D eigenvalue weighted by molar-refractivity contribution is 5.78. The maximum absolute atomic E-state index is 13.3. The number of hydrogen-bond acceptors (Lipinski definition) is 4. The molecule has 164 valence electrons. The van der Waals surface area contributed by atoms with Gasteiger partial charge in [-0.3, -0.25) is 18.7 Å². The van der Waals surface area contributed by atoms with Crippen molar-refractivity contribution in [3.8, 4) is 0 Å². The third kappa shape index (κ3) is 4.69. The number of aromatic nitrogens is 2.